The molecule has 66 valence electrons. The van der Waals surface area contributed by atoms with E-state index < -0.39 is 0 Å². The lowest BCUT2D eigenvalue weighted by atomic mass is 10.2. The summed E-state index contributed by atoms with van der Waals surface area (Å²) in [7, 11) is 0. The molecule has 2 rings (SSSR count). The van der Waals surface area contributed by atoms with Crippen LogP contribution in [-0.4, -0.2) is 4.98 Å². The summed E-state index contributed by atoms with van der Waals surface area (Å²) in [5, 5.41) is 1.01. The molecule has 3 N–H and O–H groups in total. The van der Waals surface area contributed by atoms with Gasteiger partial charge in [-0.05, 0) is 31.2 Å². The second kappa shape index (κ2) is 2.85. The molecule has 0 amide bonds. The Balaban J connectivity index is 2.95. The van der Waals surface area contributed by atoms with Crippen molar-refractivity contribution >= 4 is 28.8 Å². The summed E-state index contributed by atoms with van der Waals surface area (Å²) in [6.45, 7) is 1.99. The number of hydrogen-bond donors (Lipinski definition) is 2. The lowest BCUT2D eigenvalue weighted by Crippen LogP contribution is -1.88. The maximum Gasteiger partial charge on any atom is 0.0488 e. The molecule has 2 aromatic rings. The minimum atomic E-state index is 0.746. The third-order valence-corrected chi connectivity index (χ3v) is 2.33. The molecular formula is C10H10N2S. The van der Waals surface area contributed by atoms with Crippen molar-refractivity contribution < 1.29 is 0 Å². The summed E-state index contributed by atoms with van der Waals surface area (Å²) in [6, 6.07) is 7.66. The molecule has 0 saturated heterocycles. The van der Waals surface area contributed by atoms with Gasteiger partial charge in [0.1, 0.15) is 0 Å². The van der Waals surface area contributed by atoms with E-state index in [1.807, 2.05) is 31.2 Å². The van der Waals surface area contributed by atoms with E-state index in [1.54, 1.807) is 0 Å². The van der Waals surface area contributed by atoms with E-state index >= 15 is 0 Å². The monoisotopic (exact) mass is 190 g/mol. The fourth-order valence-corrected chi connectivity index (χ4v) is 1.74. The Labute approximate surface area is 81.4 Å². The number of hydrogen-bond acceptors (Lipinski definition) is 2. The highest BCUT2D eigenvalue weighted by Gasteiger charge is 1.96. The summed E-state index contributed by atoms with van der Waals surface area (Å²) in [4.78, 5) is 3.24. The molecule has 0 atom stereocenters. The Hall–Kier alpha value is -1.35. The first-order valence-corrected chi connectivity index (χ1v) is 4.47. The molecule has 1 heterocycles. The topological polar surface area (TPSA) is 41.8 Å². The average Bonchev–Trinajstić information content (AvgIpc) is 2.06. The van der Waals surface area contributed by atoms with Gasteiger partial charge in [-0.25, -0.2) is 0 Å². The smallest absolute Gasteiger partial charge is 0.0488 e. The number of nitrogen functional groups attached to an aromatic ring is 1. The summed E-state index contributed by atoms with van der Waals surface area (Å²) >= 11 is 5.23. The summed E-state index contributed by atoms with van der Waals surface area (Å²) in [6.07, 6.45) is 0. The summed E-state index contributed by atoms with van der Waals surface area (Å²) < 4.78 is 0.846. The Morgan fingerprint density at radius 1 is 1.31 bits per heavy atom. The van der Waals surface area contributed by atoms with E-state index in [4.69, 9.17) is 18.0 Å². The largest absolute Gasteiger partial charge is 0.399 e. The highest BCUT2D eigenvalue weighted by molar-refractivity contribution is 7.71. The molecule has 0 radical (unpaired) electrons. The van der Waals surface area contributed by atoms with Crippen LogP contribution in [0.15, 0.2) is 24.3 Å². The minimum Gasteiger partial charge on any atom is -0.399 e. The van der Waals surface area contributed by atoms with Crippen molar-refractivity contribution in [2.75, 3.05) is 5.73 Å². The van der Waals surface area contributed by atoms with Gasteiger partial charge in [0.25, 0.3) is 0 Å². The van der Waals surface area contributed by atoms with Gasteiger partial charge in [0, 0.05) is 26.8 Å². The second-order valence-electron chi connectivity index (χ2n) is 3.12. The Morgan fingerprint density at radius 2 is 2.08 bits per heavy atom. The van der Waals surface area contributed by atoms with Crippen LogP contribution in [0.5, 0.6) is 0 Å². The highest BCUT2D eigenvalue weighted by atomic mass is 32.1. The number of pyridine rings is 1. The van der Waals surface area contributed by atoms with Crippen LogP contribution in [0.3, 0.4) is 0 Å². The van der Waals surface area contributed by atoms with Crippen molar-refractivity contribution in [2.45, 2.75) is 6.92 Å². The normalized spacial score (nSPS) is 10.5. The van der Waals surface area contributed by atoms with Gasteiger partial charge < -0.3 is 10.7 Å². The van der Waals surface area contributed by atoms with Gasteiger partial charge in [0.15, 0.2) is 0 Å². The van der Waals surface area contributed by atoms with Gasteiger partial charge in [-0.3, -0.25) is 0 Å². The van der Waals surface area contributed by atoms with Gasteiger partial charge in [0.05, 0.1) is 0 Å². The number of aryl methyl sites for hydroxylation is 1. The third-order valence-electron chi connectivity index (χ3n) is 1.99. The van der Waals surface area contributed by atoms with Crippen molar-refractivity contribution in [3.05, 3.63) is 34.5 Å². The quantitative estimate of drug-likeness (QED) is 0.495. The maximum absolute atomic E-state index is 5.67. The van der Waals surface area contributed by atoms with Gasteiger partial charge in [-0.2, -0.15) is 0 Å². The van der Waals surface area contributed by atoms with Crippen molar-refractivity contribution in [1.82, 2.24) is 4.98 Å². The molecule has 0 aliphatic rings. The van der Waals surface area contributed by atoms with E-state index in [-0.39, 0.29) is 0 Å². The van der Waals surface area contributed by atoms with E-state index in [0.29, 0.717) is 0 Å². The van der Waals surface area contributed by atoms with Crippen molar-refractivity contribution in [1.29, 1.82) is 0 Å². The van der Waals surface area contributed by atoms with Crippen LogP contribution >= 0.6 is 12.2 Å². The van der Waals surface area contributed by atoms with Crippen LogP contribution in [0.25, 0.3) is 10.9 Å². The fourth-order valence-electron chi connectivity index (χ4n) is 1.40. The van der Waals surface area contributed by atoms with Gasteiger partial charge in [0.2, 0.25) is 0 Å². The first kappa shape index (κ1) is 8.26. The average molecular weight is 190 g/mol. The molecule has 0 saturated carbocycles. The predicted octanol–water partition coefficient (Wildman–Crippen LogP) is 2.79. The lowest BCUT2D eigenvalue weighted by Gasteiger charge is -2.01. The number of aromatic nitrogens is 1. The minimum absolute atomic E-state index is 0.746. The summed E-state index contributed by atoms with van der Waals surface area (Å²) in [5.41, 5.74) is 8.53. The van der Waals surface area contributed by atoms with Crippen molar-refractivity contribution in [3.63, 3.8) is 0 Å². The van der Waals surface area contributed by atoms with Crippen LogP contribution in [0.1, 0.15) is 5.69 Å². The van der Waals surface area contributed by atoms with Crippen LogP contribution in [0.2, 0.25) is 0 Å². The van der Waals surface area contributed by atoms with Crippen LogP contribution in [0, 0.1) is 11.4 Å². The molecular weight excluding hydrogens is 180 g/mol. The Bertz CT molecular complexity index is 514. The molecule has 13 heavy (non-hydrogen) atoms. The molecule has 3 heteroatoms. The van der Waals surface area contributed by atoms with Gasteiger partial charge in [-0.1, -0.05) is 12.2 Å². The number of anilines is 1. The molecule has 0 aliphatic carbocycles. The van der Waals surface area contributed by atoms with E-state index in [9.17, 15) is 0 Å². The van der Waals surface area contributed by atoms with Gasteiger partial charge in [-0.15, -0.1) is 0 Å². The molecule has 0 bridgehead atoms. The number of fused-ring (bicyclic) bond motifs is 1. The molecule has 0 aliphatic heterocycles. The van der Waals surface area contributed by atoms with E-state index in [1.165, 1.54) is 0 Å². The number of rotatable bonds is 0. The molecule has 0 fully saturated rings. The molecule has 0 unspecified atom stereocenters. The highest BCUT2D eigenvalue weighted by Crippen LogP contribution is 2.17. The number of nitrogens with one attached hydrogen (secondary N) is 1. The van der Waals surface area contributed by atoms with Gasteiger partial charge >= 0.3 is 0 Å². The fraction of sp³-hybridized carbons (Fsp3) is 0.100. The molecule has 2 nitrogen and oxygen atoms in total. The molecule has 1 aromatic heterocycles. The van der Waals surface area contributed by atoms with E-state index in [2.05, 4.69) is 4.98 Å². The number of H-pyrrole nitrogens is 1. The van der Waals surface area contributed by atoms with Crippen molar-refractivity contribution in [2.24, 2.45) is 0 Å². The maximum atomic E-state index is 5.67. The predicted molar refractivity (Wildman–Crippen MR) is 58.3 cm³/mol. The van der Waals surface area contributed by atoms with Crippen LogP contribution in [-0.2, 0) is 0 Å². The first-order chi connectivity index (χ1) is 6.16. The zero-order valence-corrected chi connectivity index (χ0v) is 8.11. The standard InChI is InChI=1S/C10H10N2S/c1-6-4-10(13)8-5-7(11)2-3-9(8)12-6/h2-5H,11H2,1H3,(H,12,13). The van der Waals surface area contributed by atoms with Crippen LogP contribution in [0.4, 0.5) is 5.69 Å². The van der Waals surface area contributed by atoms with Crippen LogP contribution < -0.4 is 5.73 Å². The SMILES string of the molecule is Cc1cc(=S)c2cc(N)ccc2[nH]1. The number of aromatic amines is 1. The lowest BCUT2D eigenvalue weighted by molar-refractivity contribution is 1.25. The van der Waals surface area contributed by atoms with E-state index in [0.717, 1.165) is 26.8 Å². The Morgan fingerprint density at radius 3 is 2.85 bits per heavy atom. The number of benzene rings is 1. The molecule has 0 spiro atoms. The third kappa shape index (κ3) is 1.42. The Kier molecular flexibility index (Phi) is 1.81. The molecule has 1 aromatic carbocycles. The van der Waals surface area contributed by atoms with Crippen molar-refractivity contribution in [3.8, 4) is 0 Å². The zero-order chi connectivity index (χ0) is 9.42. The summed E-state index contributed by atoms with van der Waals surface area (Å²) in [5.74, 6) is 0. The first-order valence-electron chi connectivity index (χ1n) is 4.06. The second-order valence-corrected chi connectivity index (χ2v) is 3.56. The zero-order valence-electron chi connectivity index (χ0n) is 7.29. The number of nitrogens with two attached hydrogens (primary N) is 1.